The molecule has 1 aliphatic rings. The highest BCUT2D eigenvalue weighted by atomic mass is 32.2. The summed E-state index contributed by atoms with van der Waals surface area (Å²) in [5.74, 6) is 0. The molecule has 0 spiro atoms. The van der Waals surface area contributed by atoms with Crippen LogP contribution in [-0.4, -0.2) is 61.9 Å². The van der Waals surface area contributed by atoms with Crippen molar-refractivity contribution < 1.29 is 13.3 Å². The molecule has 1 saturated heterocycles. The zero-order chi connectivity index (χ0) is 21.0. The largest absolute Gasteiger partial charge is 0.301 e. The molecule has 1 aromatic heterocycles. The first-order chi connectivity index (χ1) is 13.8. The highest BCUT2D eigenvalue weighted by Crippen LogP contribution is 2.30. The number of rotatable bonds is 8. The molecule has 158 valence electrons. The Morgan fingerprint density at radius 3 is 2.34 bits per heavy atom. The first kappa shape index (κ1) is 21.8. The van der Waals surface area contributed by atoms with E-state index >= 15 is 0 Å². The van der Waals surface area contributed by atoms with E-state index in [1.54, 1.807) is 11.3 Å². The van der Waals surface area contributed by atoms with Gasteiger partial charge < -0.3 is 4.90 Å². The van der Waals surface area contributed by atoms with E-state index in [1.165, 1.54) is 24.3 Å². The smallest absolute Gasteiger partial charge is 0.269 e. The van der Waals surface area contributed by atoms with Crippen molar-refractivity contribution >= 4 is 27.0 Å². The summed E-state index contributed by atoms with van der Waals surface area (Å²) in [5, 5.41) is 12.8. The van der Waals surface area contributed by atoms with Crippen LogP contribution < -0.4 is 4.72 Å². The van der Waals surface area contributed by atoms with Gasteiger partial charge in [-0.15, -0.1) is 11.3 Å². The van der Waals surface area contributed by atoms with Crippen LogP contribution in [0.25, 0.3) is 0 Å². The van der Waals surface area contributed by atoms with Crippen LogP contribution in [0.1, 0.15) is 24.8 Å². The van der Waals surface area contributed by atoms with Gasteiger partial charge in [0.15, 0.2) is 0 Å². The Labute approximate surface area is 175 Å². The van der Waals surface area contributed by atoms with Crippen LogP contribution in [0.3, 0.4) is 0 Å². The molecule has 0 aliphatic carbocycles. The van der Waals surface area contributed by atoms with E-state index < -0.39 is 14.9 Å². The van der Waals surface area contributed by atoms with Gasteiger partial charge in [0.25, 0.3) is 5.69 Å². The summed E-state index contributed by atoms with van der Waals surface area (Å²) in [5.41, 5.74) is -0.137. The molecule has 0 bridgehead atoms. The lowest BCUT2D eigenvalue weighted by atomic mass is 10.1. The lowest BCUT2D eigenvalue weighted by molar-refractivity contribution is -0.384. The minimum Gasteiger partial charge on any atom is -0.301 e. The van der Waals surface area contributed by atoms with Crippen molar-refractivity contribution in [3.8, 4) is 0 Å². The Kier molecular flexibility index (Phi) is 7.01. The monoisotopic (exact) mass is 438 g/mol. The number of sulfonamides is 1. The predicted octanol–water partition coefficient (Wildman–Crippen LogP) is 2.70. The second-order valence-corrected chi connectivity index (χ2v) is 9.78. The van der Waals surface area contributed by atoms with Crippen molar-refractivity contribution in [1.82, 2.24) is 14.5 Å². The number of nitro benzene ring substituents is 1. The summed E-state index contributed by atoms with van der Waals surface area (Å²) < 4.78 is 28.5. The molecule has 3 rings (SSSR count). The molecule has 8 nitrogen and oxygen atoms in total. The van der Waals surface area contributed by atoms with Crippen molar-refractivity contribution in [2.75, 3.05) is 32.7 Å². The fourth-order valence-electron chi connectivity index (χ4n) is 3.68. The second kappa shape index (κ2) is 9.31. The molecule has 1 aromatic carbocycles. The summed E-state index contributed by atoms with van der Waals surface area (Å²) in [6.45, 7) is 8.70. The van der Waals surface area contributed by atoms with E-state index in [1.807, 2.05) is 24.4 Å². The summed E-state index contributed by atoms with van der Waals surface area (Å²) in [6, 6.07) is 8.55. The number of nitrogens with one attached hydrogen (secondary N) is 1. The predicted molar refractivity (Wildman–Crippen MR) is 114 cm³/mol. The fourth-order valence-corrected chi connectivity index (χ4v) is 5.90. The third-order valence-electron chi connectivity index (χ3n) is 5.25. The first-order valence-electron chi connectivity index (χ1n) is 9.58. The fraction of sp³-hybridized carbons (Fsp3) is 0.474. The zero-order valence-electron chi connectivity index (χ0n) is 16.5. The van der Waals surface area contributed by atoms with Crippen LogP contribution in [0.5, 0.6) is 0 Å². The third kappa shape index (κ3) is 5.20. The van der Waals surface area contributed by atoms with E-state index in [0.717, 1.165) is 37.6 Å². The quantitative estimate of drug-likeness (QED) is 0.503. The maximum atomic E-state index is 12.9. The average Bonchev–Trinajstić information content (AvgIpc) is 3.22. The van der Waals surface area contributed by atoms with E-state index in [2.05, 4.69) is 21.4 Å². The van der Waals surface area contributed by atoms with Crippen molar-refractivity contribution in [2.45, 2.75) is 30.8 Å². The highest BCUT2D eigenvalue weighted by Gasteiger charge is 2.32. The maximum Gasteiger partial charge on any atom is 0.269 e. The number of hydrogen-bond acceptors (Lipinski definition) is 7. The van der Waals surface area contributed by atoms with Gasteiger partial charge in [0.2, 0.25) is 10.0 Å². The van der Waals surface area contributed by atoms with Crippen molar-refractivity contribution in [1.29, 1.82) is 0 Å². The molecule has 2 atom stereocenters. The maximum absolute atomic E-state index is 12.9. The van der Waals surface area contributed by atoms with Gasteiger partial charge in [-0.3, -0.25) is 15.0 Å². The number of hydrogen-bond donors (Lipinski definition) is 1. The first-order valence-corrected chi connectivity index (χ1v) is 11.9. The van der Waals surface area contributed by atoms with Crippen LogP contribution in [0, 0.1) is 10.1 Å². The van der Waals surface area contributed by atoms with Crippen LogP contribution >= 0.6 is 11.3 Å². The number of non-ortho nitro benzene ring substituents is 1. The molecule has 1 N–H and O–H groups in total. The normalized spacial score (nSPS) is 18.4. The molecule has 1 aliphatic heterocycles. The number of nitrogens with zero attached hydrogens (tertiary/aromatic N) is 3. The van der Waals surface area contributed by atoms with Crippen molar-refractivity contribution in [2.24, 2.45) is 0 Å². The van der Waals surface area contributed by atoms with Crippen LogP contribution in [-0.2, 0) is 10.0 Å². The van der Waals surface area contributed by atoms with E-state index in [4.69, 9.17) is 0 Å². The Morgan fingerprint density at radius 2 is 1.83 bits per heavy atom. The van der Waals surface area contributed by atoms with Crippen LogP contribution in [0.4, 0.5) is 5.69 Å². The van der Waals surface area contributed by atoms with Gasteiger partial charge in [-0.2, -0.15) is 0 Å². The number of piperazine rings is 1. The summed E-state index contributed by atoms with van der Waals surface area (Å²) >= 11 is 1.62. The zero-order valence-corrected chi connectivity index (χ0v) is 18.2. The molecule has 0 saturated carbocycles. The summed E-state index contributed by atoms with van der Waals surface area (Å²) in [4.78, 5) is 16.1. The molecule has 0 radical (unpaired) electrons. The van der Waals surface area contributed by atoms with Crippen molar-refractivity contribution in [3.63, 3.8) is 0 Å². The number of thiophene rings is 1. The molecule has 2 aromatic rings. The minimum atomic E-state index is -3.80. The molecule has 2 heterocycles. The van der Waals surface area contributed by atoms with Gasteiger partial charge in [0.05, 0.1) is 15.9 Å². The standard InChI is InChI=1S/C19H26N4O4S2/c1-3-21-10-12-22(13-11-21)19(18-5-4-14-28-18)15(2)20-29(26,27)17-8-6-16(7-9-17)23(24)25/h4-9,14-15,19-20H,3,10-13H2,1-2H3/t15-,19+/m1/s1. The van der Waals surface area contributed by atoms with Gasteiger partial charge in [-0.05, 0) is 37.0 Å². The lowest BCUT2D eigenvalue weighted by Crippen LogP contribution is -2.52. The Hall–Kier alpha value is -1.85. The Morgan fingerprint density at radius 1 is 1.17 bits per heavy atom. The topological polar surface area (TPSA) is 95.8 Å². The molecular weight excluding hydrogens is 412 g/mol. The van der Waals surface area contributed by atoms with Crippen LogP contribution in [0.2, 0.25) is 0 Å². The second-order valence-electron chi connectivity index (χ2n) is 7.09. The molecule has 0 amide bonds. The van der Waals surface area contributed by atoms with Gasteiger partial charge >= 0.3 is 0 Å². The Bertz CT molecular complexity index is 908. The number of likely N-dealkylation sites (N-methyl/N-ethyl adjacent to an activating group) is 1. The number of benzene rings is 1. The minimum absolute atomic E-state index is 0.0238. The van der Waals surface area contributed by atoms with Gasteiger partial charge in [0, 0.05) is 49.2 Å². The molecular formula is C19H26N4O4S2. The van der Waals surface area contributed by atoms with E-state index in [-0.39, 0.29) is 22.7 Å². The van der Waals surface area contributed by atoms with Crippen molar-refractivity contribution in [3.05, 3.63) is 56.8 Å². The number of nitro groups is 1. The lowest BCUT2D eigenvalue weighted by Gasteiger charge is -2.41. The van der Waals surface area contributed by atoms with E-state index in [0.29, 0.717) is 0 Å². The highest BCUT2D eigenvalue weighted by molar-refractivity contribution is 7.89. The average molecular weight is 439 g/mol. The molecule has 1 fully saturated rings. The van der Waals surface area contributed by atoms with Gasteiger partial charge in [0.1, 0.15) is 0 Å². The molecule has 29 heavy (non-hydrogen) atoms. The SMILES string of the molecule is CCN1CCN([C@H](c2cccs2)[C@@H](C)NS(=O)(=O)c2ccc([N+](=O)[O-])cc2)CC1. The summed E-state index contributed by atoms with van der Waals surface area (Å²) in [7, 11) is -3.80. The summed E-state index contributed by atoms with van der Waals surface area (Å²) in [6.07, 6.45) is 0. The van der Waals surface area contributed by atoms with E-state index in [9.17, 15) is 18.5 Å². The molecule has 0 unspecified atom stereocenters. The molecule has 10 heteroatoms. The van der Waals surface area contributed by atoms with Crippen LogP contribution in [0.15, 0.2) is 46.7 Å². The van der Waals surface area contributed by atoms with Gasteiger partial charge in [-0.1, -0.05) is 13.0 Å². The van der Waals surface area contributed by atoms with Gasteiger partial charge in [-0.25, -0.2) is 13.1 Å². The third-order valence-corrected chi connectivity index (χ3v) is 7.77. The Balaban J connectivity index is 1.79.